The first-order chi connectivity index (χ1) is 17.0. The van der Waals surface area contributed by atoms with E-state index in [1.54, 1.807) is 31.1 Å². The maximum absolute atomic E-state index is 13.4. The van der Waals surface area contributed by atoms with Crippen LogP contribution < -0.4 is 4.90 Å². The van der Waals surface area contributed by atoms with Crippen LogP contribution in [0.4, 0.5) is 23.9 Å². The second-order valence-electron chi connectivity index (χ2n) is 9.32. The molecule has 2 atom stereocenters. The monoisotopic (exact) mass is 524 g/mol. The molecule has 2 aliphatic rings. The standard InChI is InChI=1S/C24H28ClF3N6O2/c1-15(2)36-23(35)33-5-4-21(14-33)34(12-16-6-19(24(26,27)28)8-20(25)7-16)22-29-9-17(10-30-22)18-11-31-32(3)13-18/h6-11,15,18,21H,4-5,12-14H2,1-3H3/t18?,21-/m0/s1. The topological polar surface area (TPSA) is 74.2 Å². The van der Waals surface area contributed by atoms with Gasteiger partial charge in [-0.15, -0.1) is 0 Å². The van der Waals surface area contributed by atoms with Crippen molar-refractivity contribution in [2.24, 2.45) is 5.10 Å². The summed E-state index contributed by atoms with van der Waals surface area (Å²) in [5.41, 5.74) is 0.442. The summed E-state index contributed by atoms with van der Waals surface area (Å²) in [4.78, 5) is 24.9. The fourth-order valence-corrected chi connectivity index (χ4v) is 4.60. The first-order valence-electron chi connectivity index (χ1n) is 11.7. The van der Waals surface area contributed by atoms with Gasteiger partial charge in [-0.25, -0.2) is 14.8 Å². The molecule has 12 heteroatoms. The molecule has 2 aromatic rings. The van der Waals surface area contributed by atoms with Crippen molar-refractivity contribution in [1.82, 2.24) is 19.9 Å². The summed E-state index contributed by atoms with van der Waals surface area (Å²) >= 11 is 6.03. The Morgan fingerprint density at radius 2 is 1.94 bits per heavy atom. The van der Waals surface area contributed by atoms with Gasteiger partial charge in [-0.05, 0) is 49.6 Å². The van der Waals surface area contributed by atoms with Crippen LogP contribution in [0, 0.1) is 0 Å². The lowest BCUT2D eigenvalue weighted by atomic mass is 10.1. The van der Waals surface area contributed by atoms with Crippen molar-refractivity contribution in [2.75, 3.05) is 31.6 Å². The molecule has 8 nitrogen and oxygen atoms in total. The van der Waals surface area contributed by atoms with Gasteiger partial charge in [0.05, 0.1) is 17.7 Å². The van der Waals surface area contributed by atoms with Crippen LogP contribution in [-0.4, -0.2) is 71.0 Å². The van der Waals surface area contributed by atoms with Gasteiger partial charge >= 0.3 is 12.3 Å². The Labute approximate surface area is 212 Å². The van der Waals surface area contributed by atoms with Gasteiger partial charge in [-0.1, -0.05) is 11.6 Å². The van der Waals surface area contributed by atoms with Crippen molar-refractivity contribution in [3.63, 3.8) is 0 Å². The zero-order valence-electron chi connectivity index (χ0n) is 20.2. The predicted molar refractivity (Wildman–Crippen MR) is 130 cm³/mol. The number of hydrogen-bond acceptors (Lipinski definition) is 7. The van der Waals surface area contributed by atoms with Gasteiger partial charge in [0.15, 0.2) is 0 Å². The Balaban J connectivity index is 1.61. The van der Waals surface area contributed by atoms with Crippen LogP contribution in [0.15, 0.2) is 35.7 Å². The van der Waals surface area contributed by atoms with Crippen molar-refractivity contribution in [2.45, 2.75) is 51.1 Å². The van der Waals surface area contributed by atoms with Gasteiger partial charge in [0.25, 0.3) is 0 Å². The fourth-order valence-electron chi connectivity index (χ4n) is 4.34. The highest BCUT2D eigenvalue weighted by molar-refractivity contribution is 6.30. The molecule has 194 valence electrons. The number of carbonyl (C=O) groups excluding carboxylic acids is 1. The molecule has 0 N–H and O–H groups in total. The van der Waals surface area contributed by atoms with E-state index in [-0.39, 0.29) is 29.6 Å². The van der Waals surface area contributed by atoms with Crippen molar-refractivity contribution in [1.29, 1.82) is 0 Å². The van der Waals surface area contributed by atoms with Crippen LogP contribution in [0.1, 0.15) is 42.9 Å². The molecule has 0 spiro atoms. The number of nitrogens with zero attached hydrogens (tertiary/aromatic N) is 6. The number of likely N-dealkylation sites (tertiary alicyclic amines) is 1. The number of likely N-dealkylation sites (N-methyl/N-ethyl adjacent to an activating group) is 1. The Hall–Kier alpha value is -3.08. The lowest BCUT2D eigenvalue weighted by Gasteiger charge is -2.30. The SMILES string of the molecule is CC(C)OC(=O)N1CC[C@H](N(Cc2cc(Cl)cc(C(F)(F)F)c2)c2ncc(C3C=NN(C)C3)cn2)C1. The molecule has 0 radical (unpaired) electrons. The van der Waals surface area contributed by atoms with Gasteiger partial charge in [0, 0.05) is 62.8 Å². The summed E-state index contributed by atoms with van der Waals surface area (Å²) < 4.78 is 45.5. The van der Waals surface area contributed by atoms with Crippen molar-refractivity contribution >= 4 is 29.9 Å². The summed E-state index contributed by atoms with van der Waals surface area (Å²) in [5, 5.41) is 6.06. The van der Waals surface area contributed by atoms with E-state index in [0.29, 0.717) is 37.6 Å². The second kappa shape index (κ2) is 10.5. The molecule has 0 saturated carbocycles. The number of hydrogen-bond donors (Lipinski definition) is 0. The number of halogens is 4. The molecule has 2 aliphatic heterocycles. The minimum atomic E-state index is -4.52. The molecule has 4 rings (SSSR count). The third kappa shape index (κ3) is 6.18. The van der Waals surface area contributed by atoms with E-state index in [4.69, 9.17) is 16.3 Å². The molecule has 1 amide bonds. The fraction of sp³-hybridized carbons (Fsp3) is 0.500. The lowest BCUT2D eigenvalue weighted by Crippen LogP contribution is -2.40. The van der Waals surface area contributed by atoms with Crippen LogP contribution in [0.25, 0.3) is 0 Å². The van der Waals surface area contributed by atoms with Crippen molar-refractivity contribution in [3.8, 4) is 0 Å². The summed E-state index contributed by atoms with van der Waals surface area (Å²) in [7, 11) is 1.88. The molecule has 0 bridgehead atoms. The minimum Gasteiger partial charge on any atom is -0.447 e. The van der Waals surface area contributed by atoms with Crippen molar-refractivity contribution < 1.29 is 22.7 Å². The summed E-state index contributed by atoms with van der Waals surface area (Å²) in [6, 6.07) is 3.27. The highest BCUT2D eigenvalue weighted by atomic mass is 35.5. The highest BCUT2D eigenvalue weighted by Gasteiger charge is 2.35. The number of hydrazone groups is 1. The third-order valence-corrected chi connectivity index (χ3v) is 6.30. The van der Waals surface area contributed by atoms with Gasteiger partial charge in [0.2, 0.25) is 5.95 Å². The first-order valence-corrected chi connectivity index (χ1v) is 12.0. The molecule has 1 fully saturated rings. The molecule has 36 heavy (non-hydrogen) atoms. The summed E-state index contributed by atoms with van der Waals surface area (Å²) in [6.45, 7) is 5.15. The van der Waals surface area contributed by atoms with E-state index in [1.165, 1.54) is 6.07 Å². The third-order valence-electron chi connectivity index (χ3n) is 6.08. The number of carbonyl (C=O) groups is 1. The number of rotatable bonds is 6. The largest absolute Gasteiger partial charge is 0.447 e. The van der Waals surface area contributed by atoms with Crippen LogP contribution in [0.5, 0.6) is 0 Å². The van der Waals surface area contributed by atoms with E-state index in [1.807, 2.05) is 23.2 Å². The molecule has 0 aliphatic carbocycles. The normalized spacial score (nSPS) is 19.9. The van der Waals surface area contributed by atoms with Crippen LogP contribution in [-0.2, 0) is 17.5 Å². The van der Waals surface area contributed by atoms with Gasteiger partial charge in [-0.2, -0.15) is 18.3 Å². The zero-order valence-corrected chi connectivity index (χ0v) is 21.0. The predicted octanol–water partition coefficient (Wildman–Crippen LogP) is 4.79. The number of alkyl halides is 3. The average Bonchev–Trinajstić information content (AvgIpc) is 3.46. The Morgan fingerprint density at radius 1 is 1.22 bits per heavy atom. The molecule has 1 aromatic carbocycles. The number of benzene rings is 1. The summed E-state index contributed by atoms with van der Waals surface area (Å²) in [6.07, 6.45) is 0.641. The van der Waals surface area contributed by atoms with Gasteiger partial charge in [0.1, 0.15) is 0 Å². The molecular weight excluding hydrogens is 497 g/mol. The number of ether oxygens (including phenoxy) is 1. The molecular formula is C24H28ClF3N6O2. The molecule has 1 unspecified atom stereocenters. The lowest BCUT2D eigenvalue weighted by molar-refractivity contribution is -0.137. The van der Waals surface area contributed by atoms with Crippen LogP contribution in [0.3, 0.4) is 0 Å². The zero-order chi connectivity index (χ0) is 26.0. The van der Waals surface area contributed by atoms with E-state index in [2.05, 4.69) is 15.1 Å². The maximum Gasteiger partial charge on any atom is 0.416 e. The van der Waals surface area contributed by atoms with E-state index in [0.717, 1.165) is 17.7 Å². The van der Waals surface area contributed by atoms with Crippen LogP contribution in [0.2, 0.25) is 5.02 Å². The quantitative estimate of drug-likeness (QED) is 0.541. The second-order valence-corrected chi connectivity index (χ2v) is 9.76. The average molecular weight is 525 g/mol. The maximum atomic E-state index is 13.4. The minimum absolute atomic E-state index is 0.00533. The molecule has 1 aromatic heterocycles. The number of aromatic nitrogens is 2. The van der Waals surface area contributed by atoms with E-state index in [9.17, 15) is 18.0 Å². The summed E-state index contributed by atoms with van der Waals surface area (Å²) in [5.74, 6) is 0.423. The van der Waals surface area contributed by atoms with Gasteiger partial charge in [-0.3, -0.25) is 5.01 Å². The van der Waals surface area contributed by atoms with E-state index < -0.39 is 17.8 Å². The molecule has 3 heterocycles. The Kier molecular flexibility index (Phi) is 7.58. The Bertz CT molecular complexity index is 1110. The number of amides is 1. The van der Waals surface area contributed by atoms with E-state index >= 15 is 0 Å². The highest BCUT2D eigenvalue weighted by Crippen LogP contribution is 2.33. The van der Waals surface area contributed by atoms with Gasteiger partial charge < -0.3 is 14.5 Å². The number of anilines is 1. The molecule has 1 saturated heterocycles. The smallest absolute Gasteiger partial charge is 0.416 e. The van der Waals surface area contributed by atoms with Crippen molar-refractivity contribution in [3.05, 3.63) is 52.3 Å². The Morgan fingerprint density at radius 3 is 2.56 bits per heavy atom. The first kappa shape index (κ1) is 26.0. The van der Waals surface area contributed by atoms with Crippen LogP contribution >= 0.6 is 11.6 Å².